The maximum Gasteiger partial charge on any atom is 2.00 e. The number of rotatable bonds is 4. The van der Waals surface area contributed by atoms with Gasteiger partial charge in [0.1, 0.15) is 0 Å². The van der Waals surface area contributed by atoms with Crippen LogP contribution in [0, 0.1) is 0 Å². The average molecular weight is 340 g/mol. The van der Waals surface area contributed by atoms with Crippen molar-refractivity contribution >= 4 is 11.9 Å². The van der Waals surface area contributed by atoms with E-state index >= 15 is 0 Å². The van der Waals surface area contributed by atoms with Crippen LogP contribution in [0.1, 0.15) is 18.1 Å². The van der Waals surface area contributed by atoms with Crippen molar-refractivity contribution < 1.29 is 36.9 Å². The van der Waals surface area contributed by atoms with Crippen molar-refractivity contribution in [1.29, 1.82) is 0 Å². The summed E-state index contributed by atoms with van der Waals surface area (Å²) in [4.78, 5) is 22.8. The van der Waals surface area contributed by atoms with Crippen LogP contribution in [0.15, 0.2) is 24.3 Å². The maximum atomic E-state index is 12.0. The second-order valence-electron chi connectivity index (χ2n) is 4.92. The SMILES string of the molecule is CC([O-])C(NC(=O)[C@@H]1Cc2ccccc2CN1)C(=O)[O-].[Cu+2]. The Balaban J connectivity index is 0.00000220. The topological polar surface area (TPSA) is 104 Å². The van der Waals surface area contributed by atoms with E-state index in [0.29, 0.717) is 13.0 Å². The zero-order chi connectivity index (χ0) is 14.7. The fourth-order valence-corrected chi connectivity index (χ4v) is 2.26. The molecule has 2 unspecified atom stereocenters. The van der Waals surface area contributed by atoms with E-state index in [0.717, 1.165) is 11.1 Å². The Morgan fingerprint density at radius 1 is 1.33 bits per heavy atom. The maximum absolute atomic E-state index is 12.0. The van der Waals surface area contributed by atoms with Crippen molar-refractivity contribution in [2.75, 3.05) is 0 Å². The first-order valence-corrected chi connectivity index (χ1v) is 6.46. The van der Waals surface area contributed by atoms with Crippen LogP contribution in [0.2, 0.25) is 0 Å². The number of carbonyl (C=O) groups excluding carboxylic acids is 2. The van der Waals surface area contributed by atoms with Gasteiger partial charge >= 0.3 is 17.1 Å². The Bertz CT molecular complexity index is 521. The fourth-order valence-electron chi connectivity index (χ4n) is 2.26. The third kappa shape index (κ3) is 4.28. The third-order valence-corrected chi connectivity index (χ3v) is 3.42. The van der Waals surface area contributed by atoms with Gasteiger partial charge in [0.15, 0.2) is 0 Å². The normalized spacial score (nSPS) is 19.6. The molecule has 1 aromatic carbocycles. The molecule has 0 spiro atoms. The number of hydrogen-bond acceptors (Lipinski definition) is 5. The van der Waals surface area contributed by atoms with Crippen molar-refractivity contribution in [2.45, 2.75) is 38.1 Å². The second-order valence-corrected chi connectivity index (χ2v) is 4.92. The van der Waals surface area contributed by atoms with Gasteiger partial charge in [-0.1, -0.05) is 31.2 Å². The summed E-state index contributed by atoms with van der Waals surface area (Å²) in [5, 5.41) is 27.3. The van der Waals surface area contributed by atoms with Crippen LogP contribution in [0.5, 0.6) is 0 Å². The summed E-state index contributed by atoms with van der Waals surface area (Å²) in [7, 11) is 0. The first-order chi connectivity index (χ1) is 9.49. The molecule has 117 valence electrons. The zero-order valence-corrected chi connectivity index (χ0v) is 12.3. The smallest absolute Gasteiger partial charge is 0.850 e. The molecule has 1 heterocycles. The average Bonchev–Trinajstić information content (AvgIpc) is 2.43. The summed E-state index contributed by atoms with van der Waals surface area (Å²) < 4.78 is 0. The molecular weight excluding hydrogens is 324 g/mol. The fraction of sp³-hybridized carbons (Fsp3) is 0.429. The van der Waals surface area contributed by atoms with Crippen molar-refractivity contribution in [1.82, 2.24) is 10.6 Å². The Kier molecular flexibility index (Phi) is 6.36. The molecule has 1 aliphatic heterocycles. The molecule has 0 fully saturated rings. The molecular formula is C14H16CuN2O4. The molecule has 6 nitrogen and oxygen atoms in total. The van der Waals surface area contributed by atoms with Crippen LogP contribution in [0.25, 0.3) is 0 Å². The monoisotopic (exact) mass is 339 g/mol. The number of carboxylic acids is 1. The van der Waals surface area contributed by atoms with Gasteiger partial charge in [-0.25, -0.2) is 0 Å². The van der Waals surface area contributed by atoms with E-state index in [9.17, 15) is 19.8 Å². The second kappa shape index (κ2) is 7.56. The first-order valence-electron chi connectivity index (χ1n) is 6.46. The number of nitrogens with one attached hydrogen (secondary N) is 2. The Morgan fingerprint density at radius 2 is 1.95 bits per heavy atom. The standard InChI is InChI=1S/C14H17N2O4.Cu/c1-8(17)12(14(19)20)16-13(18)11-6-9-4-2-3-5-10(9)7-15-11;/h2-5,8,11-12,15H,6-7H2,1H3,(H,16,18)(H,19,20);/q-1;+2/p-1/t8?,11-,12?;/m0./s1. The third-order valence-electron chi connectivity index (χ3n) is 3.42. The summed E-state index contributed by atoms with van der Waals surface area (Å²) in [5.41, 5.74) is 2.16. The van der Waals surface area contributed by atoms with E-state index in [-0.39, 0.29) is 17.1 Å². The molecule has 1 aromatic rings. The molecule has 2 rings (SSSR count). The number of hydrogen-bond donors (Lipinski definition) is 2. The molecule has 0 bridgehead atoms. The summed E-state index contributed by atoms with van der Waals surface area (Å²) in [6.07, 6.45) is -0.991. The number of benzene rings is 1. The molecule has 1 radical (unpaired) electrons. The predicted molar refractivity (Wildman–Crippen MR) is 67.2 cm³/mol. The molecule has 2 N–H and O–H groups in total. The van der Waals surface area contributed by atoms with Crippen LogP contribution in [0.4, 0.5) is 0 Å². The predicted octanol–water partition coefficient (Wildman–Crippen LogP) is -2.32. The first kappa shape index (κ1) is 17.7. The summed E-state index contributed by atoms with van der Waals surface area (Å²) >= 11 is 0. The summed E-state index contributed by atoms with van der Waals surface area (Å²) in [6.45, 7) is 1.72. The van der Waals surface area contributed by atoms with Gasteiger partial charge < -0.3 is 25.6 Å². The van der Waals surface area contributed by atoms with Gasteiger partial charge in [-0.2, -0.15) is 0 Å². The van der Waals surface area contributed by atoms with Crippen molar-refractivity contribution in [2.24, 2.45) is 0 Å². The number of carboxylic acid groups (broad SMARTS) is 1. The van der Waals surface area contributed by atoms with E-state index in [2.05, 4.69) is 10.6 Å². The van der Waals surface area contributed by atoms with Gasteiger partial charge in [0.05, 0.1) is 18.1 Å². The molecule has 7 heteroatoms. The summed E-state index contributed by atoms with van der Waals surface area (Å²) in [6, 6.07) is 5.67. The zero-order valence-electron chi connectivity index (χ0n) is 11.4. The molecule has 0 aliphatic carbocycles. The number of fused-ring (bicyclic) bond motifs is 1. The van der Waals surface area contributed by atoms with E-state index < -0.39 is 30.1 Å². The van der Waals surface area contributed by atoms with E-state index in [4.69, 9.17) is 0 Å². The van der Waals surface area contributed by atoms with E-state index in [1.165, 1.54) is 6.92 Å². The van der Waals surface area contributed by atoms with Crippen molar-refractivity contribution in [3.05, 3.63) is 35.4 Å². The molecule has 3 atom stereocenters. The van der Waals surface area contributed by atoms with Gasteiger partial charge in [0, 0.05) is 6.54 Å². The number of amides is 1. The van der Waals surface area contributed by atoms with Crippen LogP contribution in [0.3, 0.4) is 0 Å². The van der Waals surface area contributed by atoms with E-state index in [1.54, 1.807) is 0 Å². The largest absolute Gasteiger partial charge is 2.00 e. The van der Waals surface area contributed by atoms with Gasteiger partial charge in [-0.3, -0.25) is 4.79 Å². The van der Waals surface area contributed by atoms with Crippen molar-refractivity contribution in [3.8, 4) is 0 Å². The van der Waals surface area contributed by atoms with Crippen molar-refractivity contribution in [3.63, 3.8) is 0 Å². The number of aliphatic carboxylic acids is 1. The Morgan fingerprint density at radius 3 is 2.52 bits per heavy atom. The molecule has 1 amide bonds. The molecule has 1 aliphatic rings. The molecule has 0 aromatic heterocycles. The number of carbonyl (C=O) groups is 2. The van der Waals surface area contributed by atoms with Crippen LogP contribution >= 0.6 is 0 Å². The van der Waals surface area contributed by atoms with Gasteiger partial charge in [-0.05, 0) is 17.5 Å². The van der Waals surface area contributed by atoms with Crippen LogP contribution in [-0.2, 0) is 39.6 Å². The minimum atomic E-state index is -1.56. The quantitative estimate of drug-likeness (QED) is 0.599. The van der Waals surface area contributed by atoms with Crippen LogP contribution < -0.4 is 20.8 Å². The molecule has 0 saturated carbocycles. The molecule has 0 saturated heterocycles. The Hall–Kier alpha value is -1.40. The summed E-state index contributed by atoms with van der Waals surface area (Å²) in [5.74, 6) is -2.05. The molecule has 21 heavy (non-hydrogen) atoms. The minimum Gasteiger partial charge on any atom is -0.850 e. The minimum absolute atomic E-state index is 0. The van der Waals surface area contributed by atoms with Gasteiger partial charge in [-0.15, -0.1) is 6.10 Å². The van der Waals surface area contributed by atoms with E-state index in [1.807, 2.05) is 24.3 Å². The van der Waals surface area contributed by atoms with Gasteiger partial charge in [0.25, 0.3) is 0 Å². The van der Waals surface area contributed by atoms with Crippen LogP contribution in [-0.4, -0.2) is 30.1 Å². The Labute approximate surface area is 133 Å². The van der Waals surface area contributed by atoms with Gasteiger partial charge in [0.2, 0.25) is 5.91 Å².